The first kappa shape index (κ1) is 12.6. The van der Waals surface area contributed by atoms with Gasteiger partial charge in [-0.3, -0.25) is 0 Å². The highest BCUT2D eigenvalue weighted by atomic mass is 19.1. The van der Waals surface area contributed by atoms with Crippen molar-refractivity contribution in [1.82, 2.24) is 5.32 Å². The molecule has 18 heavy (non-hydrogen) atoms. The van der Waals surface area contributed by atoms with Gasteiger partial charge in [0.2, 0.25) is 0 Å². The summed E-state index contributed by atoms with van der Waals surface area (Å²) in [6, 6.07) is 8.87. The zero-order chi connectivity index (χ0) is 13.0. The Bertz CT molecular complexity index is 497. The molecule has 4 heteroatoms. The van der Waals surface area contributed by atoms with Crippen molar-refractivity contribution in [2.24, 2.45) is 0 Å². The van der Waals surface area contributed by atoms with E-state index in [1.54, 1.807) is 24.5 Å². The lowest BCUT2D eigenvalue weighted by molar-refractivity contribution is 0.381. The summed E-state index contributed by atoms with van der Waals surface area (Å²) < 4.78 is 24.1. The smallest absolute Gasteiger partial charge is 0.169 e. The van der Waals surface area contributed by atoms with Gasteiger partial charge in [-0.05, 0) is 25.1 Å². The van der Waals surface area contributed by atoms with E-state index < -0.39 is 0 Å². The van der Waals surface area contributed by atoms with Crippen LogP contribution in [0.1, 0.15) is 24.3 Å². The molecule has 0 aliphatic rings. The number of ether oxygens (including phenoxy) is 1. The van der Waals surface area contributed by atoms with E-state index in [0.29, 0.717) is 12.1 Å². The SMILES string of the molecule is COc1cccc(CNC(C)c2ccco2)c1F. The van der Waals surface area contributed by atoms with Gasteiger partial charge in [-0.25, -0.2) is 4.39 Å². The van der Waals surface area contributed by atoms with Gasteiger partial charge in [0.15, 0.2) is 11.6 Å². The fourth-order valence-corrected chi connectivity index (χ4v) is 1.75. The summed E-state index contributed by atoms with van der Waals surface area (Å²) in [5.74, 6) is 0.775. The molecule has 2 aromatic rings. The van der Waals surface area contributed by atoms with E-state index in [0.717, 1.165) is 5.76 Å². The van der Waals surface area contributed by atoms with Crippen molar-refractivity contribution in [3.63, 3.8) is 0 Å². The molecule has 0 aliphatic carbocycles. The summed E-state index contributed by atoms with van der Waals surface area (Å²) in [5.41, 5.74) is 0.577. The van der Waals surface area contributed by atoms with Gasteiger partial charge in [0.05, 0.1) is 19.4 Å². The van der Waals surface area contributed by atoms with Gasteiger partial charge in [0.25, 0.3) is 0 Å². The van der Waals surface area contributed by atoms with Crippen LogP contribution in [0.4, 0.5) is 4.39 Å². The average Bonchev–Trinajstić information content (AvgIpc) is 2.91. The molecule has 0 radical (unpaired) electrons. The molecule has 1 heterocycles. The molecule has 0 aliphatic heterocycles. The molecule has 0 spiro atoms. The molecule has 1 aromatic heterocycles. The molecule has 96 valence electrons. The number of furan rings is 1. The van der Waals surface area contributed by atoms with E-state index in [-0.39, 0.29) is 17.6 Å². The van der Waals surface area contributed by atoms with Gasteiger partial charge < -0.3 is 14.5 Å². The normalized spacial score (nSPS) is 12.4. The third kappa shape index (κ3) is 2.71. The number of rotatable bonds is 5. The number of hydrogen-bond donors (Lipinski definition) is 1. The maximum atomic E-state index is 13.9. The molecule has 2 rings (SSSR count). The van der Waals surface area contributed by atoms with Crippen molar-refractivity contribution >= 4 is 0 Å². The Balaban J connectivity index is 2.02. The van der Waals surface area contributed by atoms with Crippen LogP contribution < -0.4 is 10.1 Å². The zero-order valence-electron chi connectivity index (χ0n) is 10.4. The molecular weight excluding hydrogens is 233 g/mol. The summed E-state index contributed by atoms with van der Waals surface area (Å²) >= 11 is 0. The van der Waals surface area contributed by atoms with E-state index in [9.17, 15) is 4.39 Å². The van der Waals surface area contributed by atoms with Gasteiger partial charge in [-0.2, -0.15) is 0 Å². The summed E-state index contributed by atoms with van der Waals surface area (Å²) in [6.45, 7) is 2.39. The predicted molar refractivity (Wildman–Crippen MR) is 66.9 cm³/mol. The second-order valence-corrected chi connectivity index (χ2v) is 4.05. The van der Waals surface area contributed by atoms with Crippen molar-refractivity contribution < 1.29 is 13.5 Å². The van der Waals surface area contributed by atoms with Gasteiger partial charge in [0.1, 0.15) is 5.76 Å². The molecule has 0 bridgehead atoms. The first-order valence-corrected chi connectivity index (χ1v) is 5.80. The van der Waals surface area contributed by atoms with Crippen molar-refractivity contribution in [2.45, 2.75) is 19.5 Å². The maximum absolute atomic E-state index is 13.9. The maximum Gasteiger partial charge on any atom is 0.169 e. The van der Waals surface area contributed by atoms with Crippen LogP contribution in [0.15, 0.2) is 41.0 Å². The fraction of sp³-hybridized carbons (Fsp3) is 0.286. The molecule has 1 unspecified atom stereocenters. The third-order valence-electron chi connectivity index (χ3n) is 2.83. The number of halogens is 1. The molecular formula is C14H16FNO2. The summed E-state index contributed by atoms with van der Waals surface area (Å²) in [6.07, 6.45) is 1.62. The highest BCUT2D eigenvalue weighted by molar-refractivity contribution is 5.31. The first-order chi connectivity index (χ1) is 8.72. The van der Waals surface area contributed by atoms with E-state index in [1.807, 2.05) is 19.1 Å². The number of benzene rings is 1. The fourth-order valence-electron chi connectivity index (χ4n) is 1.75. The van der Waals surface area contributed by atoms with Crippen LogP contribution in [0.5, 0.6) is 5.75 Å². The van der Waals surface area contributed by atoms with E-state index in [4.69, 9.17) is 9.15 Å². The van der Waals surface area contributed by atoms with E-state index in [2.05, 4.69) is 5.32 Å². The van der Waals surface area contributed by atoms with Crippen LogP contribution in [-0.2, 0) is 6.54 Å². The third-order valence-corrected chi connectivity index (χ3v) is 2.83. The Morgan fingerprint density at radius 1 is 1.33 bits per heavy atom. The van der Waals surface area contributed by atoms with Crippen LogP contribution in [0.2, 0.25) is 0 Å². The lowest BCUT2D eigenvalue weighted by atomic mass is 10.1. The second kappa shape index (κ2) is 5.69. The standard InChI is InChI=1S/C14H16FNO2/c1-10(12-7-4-8-18-12)16-9-11-5-3-6-13(17-2)14(11)15/h3-8,10,16H,9H2,1-2H3. The molecule has 0 fully saturated rings. The highest BCUT2D eigenvalue weighted by Gasteiger charge is 2.11. The van der Waals surface area contributed by atoms with E-state index >= 15 is 0 Å². The van der Waals surface area contributed by atoms with Crippen LogP contribution in [0.25, 0.3) is 0 Å². The van der Waals surface area contributed by atoms with Crippen LogP contribution in [0.3, 0.4) is 0 Å². The number of nitrogens with one attached hydrogen (secondary N) is 1. The minimum absolute atomic E-state index is 0.0330. The second-order valence-electron chi connectivity index (χ2n) is 4.05. The van der Waals surface area contributed by atoms with Gasteiger partial charge in [-0.1, -0.05) is 12.1 Å². The molecule has 1 N–H and O–H groups in total. The quantitative estimate of drug-likeness (QED) is 0.883. The Morgan fingerprint density at radius 3 is 2.83 bits per heavy atom. The number of hydrogen-bond acceptors (Lipinski definition) is 3. The number of methoxy groups -OCH3 is 1. The topological polar surface area (TPSA) is 34.4 Å². The van der Waals surface area contributed by atoms with Crippen molar-refractivity contribution in [3.05, 3.63) is 53.7 Å². The van der Waals surface area contributed by atoms with Crippen LogP contribution in [-0.4, -0.2) is 7.11 Å². The monoisotopic (exact) mass is 249 g/mol. The Labute approximate surface area is 106 Å². The summed E-state index contributed by atoms with van der Waals surface area (Å²) in [4.78, 5) is 0. The Kier molecular flexibility index (Phi) is 3.99. The van der Waals surface area contributed by atoms with Gasteiger partial charge in [-0.15, -0.1) is 0 Å². The zero-order valence-corrected chi connectivity index (χ0v) is 10.4. The highest BCUT2D eigenvalue weighted by Crippen LogP contribution is 2.21. The Morgan fingerprint density at radius 2 is 2.17 bits per heavy atom. The molecule has 3 nitrogen and oxygen atoms in total. The lowest BCUT2D eigenvalue weighted by Crippen LogP contribution is -2.18. The average molecular weight is 249 g/mol. The van der Waals surface area contributed by atoms with Gasteiger partial charge in [0, 0.05) is 12.1 Å². The molecule has 0 saturated heterocycles. The van der Waals surface area contributed by atoms with Crippen molar-refractivity contribution in [3.8, 4) is 5.75 Å². The van der Waals surface area contributed by atoms with E-state index in [1.165, 1.54) is 7.11 Å². The largest absolute Gasteiger partial charge is 0.494 e. The summed E-state index contributed by atoms with van der Waals surface area (Å²) in [7, 11) is 1.46. The lowest BCUT2D eigenvalue weighted by Gasteiger charge is -2.12. The minimum atomic E-state index is -0.320. The molecule has 1 atom stereocenters. The van der Waals surface area contributed by atoms with Crippen LogP contribution >= 0.6 is 0 Å². The summed E-state index contributed by atoms with van der Waals surface area (Å²) in [5, 5.41) is 3.20. The Hall–Kier alpha value is -1.81. The first-order valence-electron chi connectivity index (χ1n) is 5.80. The predicted octanol–water partition coefficient (Wildman–Crippen LogP) is 3.28. The van der Waals surface area contributed by atoms with Gasteiger partial charge >= 0.3 is 0 Å². The minimum Gasteiger partial charge on any atom is -0.494 e. The molecule has 1 aromatic carbocycles. The van der Waals surface area contributed by atoms with Crippen LogP contribution in [0, 0.1) is 5.82 Å². The van der Waals surface area contributed by atoms with Crippen molar-refractivity contribution in [1.29, 1.82) is 0 Å². The molecule has 0 amide bonds. The van der Waals surface area contributed by atoms with Crippen molar-refractivity contribution in [2.75, 3.05) is 7.11 Å². The molecule has 0 saturated carbocycles.